The second-order valence-electron chi connectivity index (χ2n) is 9.08. The number of amides is 1. The van der Waals surface area contributed by atoms with Crippen molar-refractivity contribution in [3.8, 4) is 0 Å². The van der Waals surface area contributed by atoms with Crippen LogP contribution in [0.4, 0.5) is 5.69 Å². The Morgan fingerprint density at radius 2 is 1.86 bits per heavy atom. The fourth-order valence-corrected chi connectivity index (χ4v) is 4.63. The van der Waals surface area contributed by atoms with Crippen LogP contribution in [0, 0.1) is 5.92 Å². The van der Waals surface area contributed by atoms with Crippen molar-refractivity contribution >= 4 is 11.6 Å². The van der Waals surface area contributed by atoms with Crippen molar-refractivity contribution in [2.75, 3.05) is 12.4 Å². The van der Waals surface area contributed by atoms with Gasteiger partial charge in [0.05, 0.1) is 12.1 Å². The van der Waals surface area contributed by atoms with E-state index in [1.54, 1.807) is 0 Å². The Balaban J connectivity index is 1.86. The molecule has 1 amide bonds. The molecule has 2 aliphatic heterocycles. The van der Waals surface area contributed by atoms with Crippen LogP contribution in [-0.4, -0.2) is 17.9 Å². The molecule has 0 radical (unpaired) electrons. The van der Waals surface area contributed by atoms with Crippen LogP contribution in [0.3, 0.4) is 0 Å². The van der Waals surface area contributed by atoms with Gasteiger partial charge in [0.15, 0.2) is 0 Å². The van der Waals surface area contributed by atoms with Crippen molar-refractivity contribution in [1.82, 2.24) is 4.90 Å². The zero-order valence-corrected chi connectivity index (χ0v) is 17.1. The number of anilines is 1. The van der Waals surface area contributed by atoms with E-state index in [4.69, 9.17) is 5.73 Å². The van der Waals surface area contributed by atoms with Crippen LogP contribution in [-0.2, 0) is 10.2 Å². The Morgan fingerprint density at radius 3 is 2.50 bits per heavy atom. The monoisotopic (exact) mass is 375 g/mol. The van der Waals surface area contributed by atoms with Gasteiger partial charge in [-0.3, -0.25) is 4.79 Å². The summed E-state index contributed by atoms with van der Waals surface area (Å²) < 4.78 is 0. The summed E-state index contributed by atoms with van der Waals surface area (Å²) in [5.41, 5.74) is 11.5. The van der Waals surface area contributed by atoms with Crippen LogP contribution in [0.5, 0.6) is 0 Å². The molecule has 2 aromatic carbocycles. The van der Waals surface area contributed by atoms with Crippen molar-refractivity contribution in [1.29, 1.82) is 0 Å². The van der Waals surface area contributed by atoms with Gasteiger partial charge in [0.1, 0.15) is 0 Å². The minimum Gasteiger partial charge on any atom is -0.378 e. The minimum absolute atomic E-state index is 0.0856. The number of benzene rings is 2. The first-order valence-corrected chi connectivity index (χ1v) is 9.94. The molecule has 28 heavy (non-hydrogen) atoms. The van der Waals surface area contributed by atoms with E-state index in [1.165, 1.54) is 22.4 Å². The lowest BCUT2D eigenvalue weighted by molar-refractivity contribution is -0.115. The molecule has 3 atom stereocenters. The predicted molar refractivity (Wildman–Crippen MR) is 114 cm³/mol. The molecule has 146 valence electrons. The van der Waals surface area contributed by atoms with Gasteiger partial charge in [0.25, 0.3) is 0 Å². The molecule has 0 fully saturated rings. The number of nitrogens with zero attached hydrogens (tertiary/aromatic N) is 1. The van der Waals surface area contributed by atoms with Crippen LogP contribution >= 0.6 is 0 Å². The second-order valence-corrected chi connectivity index (χ2v) is 9.08. The van der Waals surface area contributed by atoms with Gasteiger partial charge in [-0.05, 0) is 34.6 Å². The zero-order valence-electron chi connectivity index (χ0n) is 17.1. The van der Waals surface area contributed by atoms with Gasteiger partial charge < -0.3 is 16.0 Å². The molecular formula is C24H29N3O. The van der Waals surface area contributed by atoms with Gasteiger partial charge >= 0.3 is 0 Å². The van der Waals surface area contributed by atoms with Crippen molar-refractivity contribution in [3.05, 3.63) is 77.0 Å². The van der Waals surface area contributed by atoms with E-state index >= 15 is 0 Å². The standard InChI is InChI=1S/C24H29N3O/c1-24(2,3)17-10-11-20-18(13-17)22-19(12-16(23(25)28)14-27(22)4)21(26-20)15-8-6-5-7-9-15/h5-11,13-14,19,21-22,26H,12H2,1-4H3,(H2,25,28). The smallest absolute Gasteiger partial charge is 0.246 e. The number of primary amides is 1. The van der Waals surface area contributed by atoms with Gasteiger partial charge in [0.2, 0.25) is 5.91 Å². The first-order valence-electron chi connectivity index (χ1n) is 9.94. The summed E-state index contributed by atoms with van der Waals surface area (Å²) in [5, 5.41) is 3.77. The molecule has 0 saturated carbocycles. The van der Waals surface area contributed by atoms with Crippen LogP contribution in [0.25, 0.3) is 0 Å². The van der Waals surface area contributed by atoms with Gasteiger partial charge in [-0.15, -0.1) is 0 Å². The van der Waals surface area contributed by atoms with Crippen molar-refractivity contribution in [2.45, 2.75) is 44.7 Å². The summed E-state index contributed by atoms with van der Waals surface area (Å²) in [6, 6.07) is 17.6. The van der Waals surface area contributed by atoms with Crippen LogP contribution in [0.2, 0.25) is 0 Å². The first-order chi connectivity index (χ1) is 13.3. The molecule has 4 rings (SSSR count). The highest BCUT2D eigenvalue weighted by atomic mass is 16.1. The summed E-state index contributed by atoms with van der Waals surface area (Å²) in [6.45, 7) is 6.72. The zero-order chi connectivity index (χ0) is 20.1. The van der Waals surface area contributed by atoms with Crippen LogP contribution in [0.15, 0.2) is 60.3 Å². The minimum atomic E-state index is -0.327. The van der Waals surface area contributed by atoms with E-state index in [1.807, 2.05) is 12.3 Å². The van der Waals surface area contributed by atoms with Gasteiger partial charge in [-0.2, -0.15) is 0 Å². The quantitative estimate of drug-likeness (QED) is 0.812. The van der Waals surface area contributed by atoms with E-state index in [0.29, 0.717) is 12.0 Å². The molecule has 3 N–H and O–H groups in total. The van der Waals surface area contributed by atoms with Crippen molar-refractivity contribution in [2.24, 2.45) is 11.7 Å². The molecular weight excluding hydrogens is 346 g/mol. The maximum atomic E-state index is 12.0. The van der Waals surface area contributed by atoms with Gasteiger partial charge in [-0.25, -0.2) is 0 Å². The summed E-state index contributed by atoms with van der Waals surface area (Å²) in [7, 11) is 2.06. The third-order valence-electron chi connectivity index (χ3n) is 6.11. The predicted octanol–water partition coefficient (Wildman–Crippen LogP) is 4.51. The van der Waals surface area contributed by atoms with Crippen LogP contribution < -0.4 is 11.1 Å². The number of nitrogens with one attached hydrogen (secondary N) is 1. The topological polar surface area (TPSA) is 58.4 Å². The summed E-state index contributed by atoms with van der Waals surface area (Å²) in [4.78, 5) is 14.1. The van der Waals surface area contributed by atoms with E-state index in [2.05, 4.69) is 80.5 Å². The normalized spacial score (nSPS) is 23.9. The number of carbonyl (C=O) groups is 1. The summed E-state index contributed by atoms with van der Waals surface area (Å²) in [6.07, 6.45) is 2.61. The molecule has 3 unspecified atom stereocenters. The molecule has 0 aliphatic carbocycles. The van der Waals surface area contributed by atoms with Crippen molar-refractivity contribution < 1.29 is 4.79 Å². The Labute approximate surface area is 167 Å². The van der Waals surface area contributed by atoms with E-state index in [-0.39, 0.29) is 29.3 Å². The lowest BCUT2D eigenvalue weighted by Gasteiger charge is -2.47. The van der Waals surface area contributed by atoms with E-state index in [0.717, 1.165) is 0 Å². The number of hydrogen-bond acceptors (Lipinski definition) is 3. The Hall–Kier alpha value is -2.75. The Kier molecular flexibility index (Phi) is 4.45. The lowest BCUT2D eigenvalue weighted by atomic mass is 9.73. The molecule has 2 aliphatic rings. The van der Waals surface area contributed by atoms with Crippen LogP contribution in [0.1, 0.15) is 56.0 Å². The lowest BCUT2D eigenvalue weighted by Crippen LogP contribution is -2.42. The number of hydrogen-bond donors (Lipinski definition) is 2. The third-order valence-corrected chi connectivity index (χ3v) is 6.11. The van der Waals surface area contributed by atoms with Gasteiger partial charge in [0, 0.05) is 30.4 Å². The molecule has 2 aromatic rings. The molecule has 0 saturated heterocycles. The highest BCUT2D eigenvalue weighted by Crippen LogP contribution is 2.51. The SMILES string of the molecule is CN1C=C(C(N)=O)CC2C(c3ccccc3)Nc3ccc(C(C)(C)C)cc3C21. The molecule has 0 aromatic heterocycles. The largest absolute Gasteiger partial charge is 0.378 e. The number of carbonyl (C=O) groups excluding carboxylic acids is 1. The molecule has 2 heterocycles. The van der Waals surface area contributed by atoms with E-state index in [9.17, 15) is 4.79 Å². The Morgan fingerprint density at radius 1 is 1.14 bits per heavy atom. The summed E-state index contributed by atoms with van der Waals surface area (Å²) >= 11 is 0. The second kappa shape index (κ2) is 6.69. The van der Waals surface area contributed by atoms with Crippen molar-refractivity contribution in [3.63, 3.8) is 0 Å². The molecule has 0 spiro atoms. The maximum absolute atomic E-state index is 12.0. The average molecular weight is 376 g/mol. The van der Waals surface area contributed by atoms with E-state index < -0.39 is 0 Å². The van der Waals surface area contributed by atoms with Gasteiger partial charge in [-0.1, -0.05) is 63.2 Å². The molecule has 0 bridgehead atoms. The number of fused-ring (bicyclic) bond motifs is 3. The fourth-order valence-electron chi connectivity index (χ4n) is 4.63. The highest BCUT2D eigenvalue weighted by Gasteiger charge is 2.42. The highest BCUT2D eigenvalue weighted by molar-refractivity contribution is 5.92. The first kappa shape index (κ1) is 18.6. The molecule has 4 nitrogen and oxygen atoms in total. The summed E-state index contributed by atoms with van der Waals surface area (Å²) in [5.74, 6) is -0.103. The maximum Gasteiger partial charge on any atom is 0.246 e. The third kappa shape index (κ3) is 3.17. The fraction of sp³-hybridized carbons (Fsp3) is 0.375. The number of nitrogens with two attached hydrogens (primary N) is 1. The molecule has 4 heteroatoms. The average Bonchev–Trinajstić information content (AvgIpc) is 2.66. The Bertz CT molecular complexity index is 927. The number of rotatable bonds is 2.